The number of amides is 2. The Bertz CT molecular complexity index is 523. The summed E-state index contributed by atoms with van der Waals surface area (Å²) in [7, 11) is 0. The van der Waals surface area contributed by atoms with Gasteiger partial charge in [0.15, 0.2) is 0 Å². The molecule has 0 radical (unpaired) electrons. The van der Waals surface area contributed by atoms with Crippen molar-refractivity contribution in [1.82, 2.24) is 10.2 Å². The summed E-state index contributed by atoms with van der Waals surface area (Å²) in [6.45, 7) is 0.662. The largest absolute Gasteiger partial charge is 0.394 e. The number of hydrogen-bond donors (Lipinski definition) is 2. The predicted molar refractivity (Wildman–Crippen MR) is 72.1 cm³/mol. The van der Waals surface area contributed by atoms with Gasteiger partial charge in [-0.2, -0.15) is 0 Å². The Hall–Kier alpha value is -1.99. The minimum absolute atomic E-state index is 0.156. The Morgan fingerprint density at radius 1 is 1.48 bits per heavy atom. The summed E-state index contributed by atoms with van der Waals surface area (Å²) in [5, 5.41) is 11.6. The summed E-state index contributed by atoms with van der Waals surface area (Å²) in [4.78, 5) is 25.3. The number of aliphatic hydroxyl groups excluding tert-OH is 1. The Balaban J connectivity index is 1.90. The molecule has 2 N–H and O–H groups in total. The van der Waals surface area contributed by atoms with Gasteiger partial charge in [-0.15, -0.1) is 0 Å². The number of nitrogens with one attached hydrogen (secondary N) is 1. The molecule has 2 rings (SSSR count). The summed E-state index contributed by atoms with van der Waals surface area (Å²) in [5.41, 5.74) is 0.156. The fourth-order valence-electron chi connectivity index (χ4n) is 2.12. The highest BCUT2D eigenvalue weighted by Gasteiger charge is 2.26. The van der Waals surface area contributed by atoms with E-state index < -0.39 is 17.8 Å². The first-order valence-electron chi connectivity index (χ1n) is 6.63. The van der Waals surface area contributed by atoms with Gasteiger partial charge in [0.25, 0.3) is 5.91 Å². The number of carbonyl (C=O) groups is 2. The lowest BCUT2D eigenvalue weighted by Gasteiger charge is -2.34. The topological polar surface area (TPSA) is 78.9 Å². The second kappa shape index (κ2) is 7.14. The van der Waals surface area contributed by atoms with Gasteiger partial charge in [-0.1, -0.05) is 6.07 Å². The standard InChI is InChI=1S/C14H17FN2O4/c15-11-3-1-2-10(6-11)14(20)16-7-13(19)17-4-5-21-9-12(17)8-18/h1-3,6,12,18H,4-5,7-9H2,(H,16,20). The second-order valence-corrected chi connectivity index (χ2v) is 4.69. The van der Waals surface area contributed by atoms with Crippen LogP contribution in [0.25, 0.3) is 0 Å². The van der Waals surface area contributed by atoms with Crippen molar-refractivity contribution in [3.8, 4) is 0 Å². The van der Waals surface area contributed by atoms with Crippen LogP contribution in [0.1, 0.15) is 10.4 Å². The molecule has 0 aliphatic carbocycles. The van der Waals surface area contributed by atoms with E-state index in [0.29, 0.717) is 13.2 Å². The number of benzene rings is 1. The minimum atomic E-state index is -0.517. The summed E-state index contributed by atoms with van der Waals surface area (Å²) < 4.78 is 18.2. The Morgan fingerprint density at radius 2 is 2.29 bits per heavy atom. The zero-order chi connectivity index (χ0) is 15.2. The average molecular weight is 296 g/mol. The van der Waals surface area contributed by atoms with Gasteiger partial charge in [-0.05, 0) is 18.2 Å². The lowest BCUT2D eigenvalue weighted by molar-refractivity contribution is -0.140. The molecule has 6 nitrogen and oxygen atoms in total. The highest BCUT2D eigenvalue weighted by Crippen LogP contribution is 2.07. The van der Waals surface area contributed by atoms with Crippen LogP contribution >= 0.6 is 0 Å². The normalized spacial score (nSPS) is 18.4. The molecule has 0 spiro atoms. The van der Waals surface area contributed by atoms with Crippen molar-refractivity contribution < 1.29 is 23.8 Å². The fraction of sp³-hybridized carbons (Fsp3) is 0.429. The number of aliphatic hydroxyl groups is 1. The monoisotopic (exact) mass is 296 g/mol. The molecule has 2 amide bonds. The quantitative estimate of drug-likeness (QED) is 0.805. The Labute approximate surface area is 121 Å². The van der Waals surface area contributed by atoms with Crippen LogP contribution in [0, 0.1) is 5.82 Å². The van der Waals surface area contributed by atoms with Gasteiger partial charge in [0, 0.05) is 12.1 Å². The first-order chi connectivity index (χ1) is 10.1. The van der Waals surface area contributed by atoms with Gasteiger partial charge in [-0.3, -0.25) is 9.59 Å². The number of hydrogen-bond acceptors (Lipinski definition) is 4. The molecule has 1 fully saturated rings. The SMILES string of the molecule is O=C(NCC(=O)N1CCOCC1CO)c1cccc(F)c1. The van der Waals surface area contributed by atoms with E-state index in [1.54, 1.807) is 0 Å². The molecular weight excluding hydrogens is 279 g/mol. The highest BCUT2D eigenvalue weighted by molar-refractivity contribution is 5.96. The molecule has 1 saturated heterocycles. The van der Waals surface area contributed by atoms with Crippen molar-refractivity contribution in [3.63, 3.8) is 0 Å². The van der Waals surface area contributed by atoms with Crippen LogP contribution in [-0.2, 0) is 9.53 Å². The van der Waals surface area contributed by atoms with Gasteiger partial charge >= 0.3 is 0 Å². The average Bonchev–Trinajstić information content (AvgIpc) is 2.52. The number of ether oxygens (including phenoxy) is 1. The molecule has 1 aliphatic heterocycles. The van der Waals surface area contributed by atoms with Gasteiger partial charge < -0.3 is 20.1 Å². The Morgan fingerprint density at radius 3 is 3.00 bits per heavy atom. The number of halogens is 1. The van der Waals surface area contributed by atoms with E-state index in [-0.39, 0.29) is 31.2 Å². The molecule has 1 aliphatic rings. The third-order valence-electron chi connectivity index (χ3n) is 3.25. The maximum atomic E-state index is 13.0. The van der Waals surface area contributed by atoms with Gasteiger partial charge in [0.1, 0.15) is 5.82 Å². The van der Waals surface area contributed by atoms with Crippen molar-refractivity contribution in [2.45, 2.75) is 6.04 Å². The van der Waals surface area contributed by atoms with Crippen LogP contribution in [-0.4, -0.2) is 60.8 Å². The lowest BCUT2D eigenvalue weighted by atomic mass is 10.2. The summed E-state index contributed by atoms with van der Waals surface area (Å²) >= 11 is 0. The van der Waals surface area contributed by atoms with E-state index in [4.69, 9.17) is 4.74 Å². The van der Waals surface area contributed by atoms with E-state index in [1.807, 2.05) is 0 Å². The Kier molecular flexibility index (Phi) is 5.24. The molecule has 1 heterocycles. The maximum absolute atomic E-state index is 13.0. The van der Waals surface area contributed by atoms with Crippen molar-refractivity contribution in [1.29, 1.82) is 0 Å². The molecular formula is C14H17FN2O4. The first-order valence-corrected chi connectivity index (χ1v) is 6.63. The van der Waals surface area contributed by atoms with E-state index in [1.165, 1.54) is 23.1 Å². The molecule has 0 aromatic heterocycles. The fourth-order valence-corrected chi connectivity index (χ4v) is 2.12. The predicted octanol–water partition coefficient (Wildman–Crippen LogP) is -0.225. The number of carbonyl (C=O) groups excluding carboxylic acids is 2. The van der Waals surface area contributed by atoms with Crippen molar-refractivity contribution >= 4 is 11.8 Å². The highest BCUT2D eigenvalue weighted by atomic mass is 19.1. The van der Waals surface area contributed by atoms with Crippen LogP contribution < -0.4 is 5.32 Å². The third kappa shape index (κ3) is 3.99. The number of rotatable bonds is 4. The molecule has 1 aromatic rings. The summed E-state index contributed by atoms with van der Waals surface area (Å²) in [5.74, 6) is -1.33. The minimum Gasteiger partial charge on any atom is -0.394 e. The third-order valence-corrected chi connectivity index (χ3v) is 3.25. The molecule has 0 bridgehead atoms. The van der Waals surface area contributed by atoms with Gasteiger partial charge in [0.05, 0.1) is 32.4 Å². The molecule has 21 heavy (non-hydrogen) atoms. The number of morpholine rings is 1. The van der Waals surface area contributed by atoms with E-state index in [0.717, 1.165) is 6.07 Å². The van der Waals surface area contributed by atoms with Crippen molar-refractivity contribution in [2.24, 2.45) is 0 Å². The summed E-state index contributed by atoms with van der Waals surface area (Å²) in [6, 6.07) is 4.84. The molecule has 1 unspecified atom stereocenters. The van der Waals surface area contributed by atoms with Crippen LogP contribution in [0.5, 0.6) is 0 Å². The van der Waals surface area contributed by atoms with Gasteiger partial charge in [-0.25, -0.2) is 4.39 Å². The summed E-state index contributed by atoms with van der Waals surface area (Å²) in [6.07, 6.45) is 0. The van der Waals surface area contributed by atoms with Gasteiger partial charge in [0.2, 0.25) is 5.91 Å². The second-order valence-electron chi connectivity index (χ2n) is 4.69. The van der Waals surface area contributed by atoms with E-state index in [9.17, 15) is 19.1 Å². The molecule has 1 atom stereocenters. The van der Waals surface area contributed by atoms with Crippen molar-refractivity contribution in [2.75, 3.05) is 32.9 Å². The smallest absolute Gasteiger partial charge is 0.251 e. The van der Waals surface area contributed by atoms with Crippen LogP contribution in [0.2, 0.25) is 0 Å². The first kappa shape index (κ1) is 15.4. The van der Waals surface area contributed by atoms with E-state index >= 15 is 0 Å². The van der Waals surface area contributed by atoms with Crippen LogP contribution in [0.15, 0.2) is 24.3 Å². The molecule has 114 valence electrons. The maximum Gasteiger partial charge on any atom is 0.251 e. The lowest BCUT2D eigenvalue weighted by Crippen LogP contribution is -2.53. The number of nitrogens with zero attached hydrogens (tertiary/aromatic N) is 1. The zero-order valence-corrected chi connectivity index (χ0v) is 11.4. The zero-order valence-electron chi connectivity index (χ0n) is 11.4. The molecule has 7 heteroatoms. The van der Waals surface area contributed by atoms with Crippen LogP contribution in [0.3, 0.4) is 0 Å². The van der Waals surface area contributed by atoms with E-state index in [2.05, 4.69) is 5.32 Å². The molecule has 0 saturated carbocycles. The van der Waals surface area contributed by atoms with Crippen molar-refractivity contribution in [3.05, 3.63) is 35.6 Å². The molecule has 1 aromatic carbocycles. The van der Waals surface area contributed by atoms with Crippen LogP contribution in [0.4, 0.5) is 4.39 Å².